The van der Waals surface area contributed by atoms with E-state index < -0.39 is 10.0 Å². The Morgan fingerprint density at radius 1 is 1.21 bits per heavy atom. The van der Waals surface area contributed by atoms with Gasteiger partial charge in [0.05, 0.1) is 11.8 Å². The van der Waals surface area contributed by atoms with Crippen molar-refractivity contribution < 1.29 is 13.2 Å². The summed E-state index contributed by atoms with van der Waals surface area (Å²) in [5.41, 5.74) is 1.30. The van der Waals surface area contributed by atoms with Crippen molar-refractivity contribution in [2.24, 2.45) is 0 Å². The molecule has 28 heavy (non-hydrogen) atoms. The summed E-state index contributed by atoms with van der Waals surface area (Å²) in [7, 11) is -3.19. The van der Waals surface area contributed by atoms with Gasteiger partial charge >= 0.3 is 0 Å². The van der Waals surface area contributed by atoms with Crippen LogP contribution in [0.25, 0.3) is 0 Å². The standard InChI is InChI=1S/C19H25N5O3S/c1-28(26,27)24-12-4-5-16(14-24)17-8-7-15(13-23-17)19(25)22-11-10-21-18-6-2-3-9-20-18/h2-3,6-9,13,16H,4-5,10-12,14H2,1H3,(H,20,21)(H,22,25)/t16-/m1/s1. The first-order chi connectivity index (χ1) is 13.4. The summed E-state index contributed by atoms with van der Waals surface area (Å²) in [6, 6.07) is 9.15. The number of anilines is 1. The predicted molar refractivity (Wildman–Crippen MR) is 108 cm³/mol. The van der Waals surface area contributed by atoms with Crippen LogP contribution >= 0.6 is 0 Å². The highest BCUT2D eigenvalue weighted by Crippen LogP contribution is 2.26. The first kappa shape index (κ1) is 20.2. The number of sulfonamides is 1. The Morgan fingerprint density at radius 2 is 2.07 bits per heavy atom. The van der Waals surface area contributed by atoms with Crippen molar-refractivity contribution in [1.82, 2.24) is 19.6 Å². The van der Waals surface area contributed by atoms with Crippen molar-refractivity contribution >= 4 is 21.7 Å². The molecule has 8 nitrogen and oxygen atoms in total. The fourth-order valence-corrected chi connectivity index (χ4v) is 4.11. The number of aromatic nitrogens is 2. The van der Waals surface area contributed by atoms with Crippen LogP contribution in [0, 0.1) is 0 Å². The molecule has 0 aliphatic carbocycles. The number of nitrogens with one attached hydrogen (secondary N) is 2. The summed E-state index contributed by atoms with van der Waals surface area (Å²) in [6.45, 7) is 2.03. The van der Waals surface area contributed by atoms with Gasteiger partial charge in [-0.3, -0.25) is 9.78 Å². The third-order valence-electron chi connectivity index (χ3n) is 4.70. The second-order valence-corrected chi connectivity index (χ2v) is 8.81. The number of carbonyl (C=O) groups is 1. The van der Waals surface area contributed by atoms with Crippen LogP contribution in [0.15, 0.2) is 42.7 Å². The molecule has 0 bridgehead atoms. The van der Waals surface area contributed by atoms with Crippen LogP contribution in [0.5, 0.6) is 0 Å². The van der Waals surface area contributed by atoms with Crippen molar-refractivity contribution in [1.29, 1.82) is 0 Å². The van der Waals surface area contributed by atoms with E-state index >= 15 is 0 Å². The maximum absolute atomic E-state index is 12.2. The molecular weight excluding hydrogens is 378 g/mol. The molecule has 1 atom stereocenters. The fraction of sp³-hybridized carbons (Fsp3) is 0.421. The lowest BCUT2D eigenvalue weighted by molar-refractivity contribution is 0.0954. The molecule has 2 aromatic rings. The van der Waals surface area contributed by atoms with Crippen LogP contribution in [0.1, 0.15) is 34.8 Å². The molecular formula is C19H25N5O3S. The fourth-order valence-electron chi connectivity index (χ4n) is 3.20. The number of hydrogen-bond donors (Lipinski definition) is 2. The Bertz CT molecular complexity index is 888. The highest BCUT2D eigenvalue weighted by Gasteiger charge is 2.27. The van der Waals surface area contributed by atoms with Gasteiger partial charge in [-0.1, -0.05) is 6.07 Å². The third-order valence-corrected chi connectivity index (χ3v) is 5.97. The van der Waals surface area contributed by atoms with E-state index in [0.717, 1.165) is 24.4 Å². The van der Waals surface area contributed by atoms with E-state index in [-0.39, 0.29) is 11.8 Å². The summed E-state index contributed by atoms with van der Waals surface area (Å²) in [5, 5.41) is 5.96. The molecule has 1 saturated heterocycles. The molecule has 3 rings (SSSR count). The highest BCUT2D eigenvalue weighted by molar-refractivity contribution is 7.88. The topological polar surface area (TPSA) is 104 Å². The lowest BCUT2D eigenvalue weighted by atomic mass is 9.95. The number of rotatable bonds is 7. The molecule has 0 aromatic carbocycles. The minimum absolute atomic E-state index is 0.0585. The van der Waals surface area contributed by atoms with E-state index in [1.807, 2.05) is 24.3 Å². The molecule has 0 saturated carbocycles. The number of pyridine rings is 2. The second kappa shape index (κ2) is 9.11. The van der Waals surface area contributed by atoms with Gasteiger partial charge in [0, 0.05) is 50.2 Å². The molecule has 0 radical (unpaired) electrons. The van der Waals surface area contributed by atoms with Crippen molar-refractivity contribution in [3.63, 3.8) is 0 Å². The monoisotopic (exact) mass is 403 g/mol. The van der Waals surface area contributed by atoms with E-state index in [1.54, 1.807) is 18.5 Å². The molecule has 0 unspecified atom stereocenters. The van der Waals surface area contributed by atoms with Crippen LogP contribution in [0.2, 0.25) is 0 Å². The molecule has 150 valence electrons. The van der Waals surface area contributed by atoms with E-state index in [1.165, 1.54) is 10.6 Å². The van der Waals surface area contributed by atoms with E-state index in [2.05, 4.69) is 20.6 Å². The smallest absolute Gasteiger partial charge is 0.252 e. The van der Waals surface area contributed by atoms with Crippen LogP contribution in [0.3, 0.4) is 0 Å². The van der Waals surface area contributed by atoms with Crippen LogP contribution in [0.4, 0.5) is 5.82 Å². The van der Waals surface area contributed by atoms with Gasteiger partial charge in [-0.25, -0.2) is 17.7 Å². The molecule has 2 N–H and O–H groups in total. The maximum atomic E-state index is 12.2. The normalized spacial score (nSPS) is 17.8. The predicted octanol–water partition coefficient (Wildman–Crippen LogP) is 1.46. The number of hydrogen-bond acceptors (Lipinski definition) is 6. The number of piperidine rings is 1. The molecule has 9 heteroatoms. The minimum Gasteiger partial charge on any atom is -0.368 e. The van der Waals surface area contributed by atoms with Crippen molar-refractivity contribution in [3.05, 3.63) is 54.0 Å². The SMILES string of the molecule is CS(=O)(=O)N1CCC[C@@H](c2ccc(C(=O)NCCNc3ccccn3)cn2)C1. The number of nitrogens with zero attached hydrogens (tertiary/aromatic N) is 3. The summed E-state index contributed by atoms with van der Waals surface area (Å²) in [4.78, 5) is 20.8. The van der Waals surface area contributed by atoms with E-state index in [4.69, 9.17) is 0 Å². The zero-order valence-corrected chi connectivity index (χ0v) is 16.7. The van der Waals surface area contributed by atoms with Crippen molar-refractivity contribution in [3.8, 4) is 0 Å². The molecule has 3 heterocycles. The zero-order valence-electron chi connectivity index (χ0n) is 15.8. The van der Waals surface area contributed by atoms with Gasteiger partial charge in [-0.2, -0.15) is 0 Å². The lowest BCUT2D eigenvalue weighted by Crippen LogP contribution is -2.38. The lowest BCUT2D eigenvalue weighted by Gasteiger charge is -2.30. The minimum atomic E-state index is -3.19. The molecule has 0 spiro atoms. The average molecular weight is 404 g/mol. The Kier molecular flexibility index (Phi) is 6.58. The Morgan fingerprint density at radius 3 is 2.75 bits per heavy atom. The average Bonchev–Trinajstić information content (AvgIpc) is 2.71. The van der Waals surface area contributed by atoms with E-state index in [9.17, 15) is 13.2 Å². The zero-order chi connectivity index (χ0) is 20.0. The van der Waals surface area contributed by atoms with Gasteiger partial charge in [0.2, 0.25) is 10.0 Å². The molecule has 1 aliphatic rings. The van der Waals surface area contributed by atoms with Crippen LogP contribution in [-0.4, -0.2) is 61.0 Å². The van der Waals surface area contributed by atoms with Gasteiger partial charge < -0.3 is 10.6 Å². The van der Waals surface area contributed by atoms with Gasteiger partial charge in [0.25, 0.3) is 5.91 Å². The first-order valence-corrected chi connectivity index (χ1v) is 11.1. The quantitative estimate of drug-likeness (QED) is 0.678. The number of amides is 1. The molecule has 1 fully saturated rings. The first-order valence-electron chi connectivity index (χ1n) is 9.27. The van der Waals surface area contributed by atoms with Gasteiger partial charge in [-0.15, -0.1) is 0 Å². The third kappa shape index (κ3) is 5.49. The molecule has 1 amide bonds. The van der Waals surface area contributed by atoms with Crippen LogP contribution < -0.4 is 10.6 Å². The summed E-state index contributed by atoms with van der Waals surface area (Å²) in [6.07, 6.45) is 6.19. The highest BCUT2D eigenvalue weighted by atomic mass is 32.2. The van der Waals surface area contributed by atoms with Crippen LogP contribution in [-0.2, 0) is 10.0 Å². The Labute approximate surface area is 165 Å². The summed E-state index contributed by atoms with van der Waals surface area (Å²) in [5.74, 6) is 0.629. The van der Waals surface area contributed by atoms with Crippen molar-refractivity contribution in [2.75, 3.05) is 37.8 Å². The Hall–Kier alpha value is -2.52. The number of carbonyl (C=O) groups excluding carboxylic acids is 1. The molecule has 2 aromatic heterocycles. The molecule has 1 aliphatic heterocycles. The summed E-state index contributed by atoms with van der Waals surface area (Å²) < 4.78 is 25.0. The van der Waals surface area contributed by atoms with Gasteiger partial charge in [-0.05, 0) is 37.1 Å². The Balaban J connectivity index is 1.50. The maximum Gasteiger partial charge on any atom is 0.252 e. The largest absolute Gasteiger partial charge is 0.368 e. The van der Waals surface area contributed by atoms with Gasteiger partial charge in [0.1, 0.15) is 5.82 Å². The second-order valence-electron chi connectivity index (χ2n) is 6.83. The summed E-state index contributed by atoms with van der Waals surface area (Å²) >= 11 is 0. The van der Waals surface area contributed by atoms with E-state index in [0.29, 0.717) is 31.7 Å². The van der Waals surface area contributed by atoms with Crippen molar-refractivity contribution in [2.45, 2.75) is 18.8 Å². The van der Waals surface area contributed by atoms with Gasteiger partial charge in [0.15, 0.2) is 0 Å².